The van der Waals surface area contributed by atoms with Crippen LogP contribution < -0.4 is 5.69 Å². The molecule has 0 saturated carbocycles. The molecular formula is C16H22N4O3S. The van der Waals surface area contributed by atoms with Crippen molar-refractivity contribution in [2.75, 3.05) is 19.3 Å². The molecule has 1 aliphatic rings. The maximum absolute atomic E-state index is 12.2. The first-order valence-electron chi connectivity index (χ1n) is 8.03. The normalized spacial score (nSPS) is 17.2. The maximum atomic E-state index is 12.2. The molecule has 1 aromatic heterocycles. The number of rotatable bonds is 4. The second-order valence-corrected chi connectivity index (χ2v) is 8.36. The summed E-state index contributed by atoms with van der Waals surface area (Å²) >= 11 is 0. The Morgan fingerprint density at radius 2 is 1.92 bits per heavy atom. The Bertz CT molecular complexity index is 877. The smallest absolute Gasteiger partial charge is 0.247 e. The van der Waals surface area contributed by atoms with E-state index in [1.54, 1.807) is 4.57 Å². The molecular weight excluding hydrogens is 328 g/mol. The lowest BCUT2D eigenvalue weighted by atomic mass is 9.94. The predicted molar refractivity (Wildman–Crippen MR) is 91.8 cm³/mol. The second kappa shape index (κ2) is 6.52. The van der Waals surface area contributed by atoms with Crippen molar-refractivity contribution in [2.24, 2.45) is 5.92 Å². The lowest BCUT2D eigenvalue weighted by Gasteiger charge is -2.29. The van der Waals surface area contributed by atoms with Crippen LogP contribution in [0.15, 0.2) is 29.1 Å². The maximum Gasteiger partial charge on any atom is 0.347 e. The Morgan fingerprint density at radius 3 is 2.54 bits per heavy atom. The molecule has 1 aromatic carbocycles. The third kappa shape index (κ3) is 3.44. The largest absolute Gasteiger partial charge is 0.347 e. The standard InChI is InChI=1S/C16H22N4O3S/c1-12-5-3-4-6-14(12)20-15(17-18-16(20)21)11-13-7-9-19(10-8-13)24(2,22)23/h3-6,13H,7-11H2,1-2H3,(H,18,21). The summed E-state index contributed by atoms with van der Waals surface area (Å²) < 4.78 is 26.3. The summed E-state index contributed by atoms with van der Waals surface area (Å²) in [5.41, 5.74) is 1.60. The Balaban J connectivity index is 1.79. The number of benzene rings is 1. The van der Waals surface area contributed by atoms with Crippen LogP contribution in [-0.4, -0.2) is 46.8 Å². The zero-order valence-electron chi connectivity index (χ0n) is 13.9. The zero-order valence-corrected chi connectivity index (χ0v) is 14.7. The molecule has 2 aromatic rings. The highest BCUT2D eigenvalue weighted by molar-refractivity contribution is 7.88. The first-order valence-corrected chi connectivity index (χ1v) is 9.88. The Hall–Kier alpha value is -1.93. The number of nitrogens with one attached hydrogen (secondary N) is 1. The average molecular weight is 350 g/mol. The van der Waals surface area contributed by atoms with Gasteiger partial charge in [0.05, 0.1) is 11.9 Å². The van der Waals surface area contributed by atoms with Crippen LogP contribution in [0.5, 0.6) is 0 Å². The predicted octanol–water partition coefficient (Wildman–Crippen LogP) is 1.08. The second-order valence-electron chi connectivity index (χ2n) is 6.38. The molecule has 1 N–H and O–H groups in total. The van der Waals surface area contributed by atoms with Crippen molar-refractivity contribution in [3.63, 3.8) is 0 Å². The van der Waals surface area contributed by atoms with Crippen LogP contribution in [0.25, 0.3) is 5.69 Å². The minimum atomic E-state index is -3.12. The van der Waals surface area contributed by atoms with Crippen LogP contribution >= 0.6 is 0 Å². The molecule has 7 nitrogen and oxygen atoms in total. The van der Waals surface area contributed by atoms with Crippen molar-refractivity contribution < 1.29 is 8.42 Å². The van der Waals surface area contributed by atoms with Gasteiger partial charge in [-0.25, -0.2) is 27.2 Å². The van der Waals surface area contributed by atoms with Crippen LogP contribution in [0.3, 0.4) is 0 Å². The van der Waals surface area contributed by atoms with Gasteiger partial charge in [0.2, 0.25) is 10.0 Å². The molecule has 1 fully saturated rings. The molecule has 0 spiro atoms. The lowest BCUT2D eigenvalue weighted by Crippen LogP contribution is -2.38. The molecule has 0 amide bonds. The molecule has 1 aliphatic heterocycles. The number of nitrogens with zero attached hydrogens (tertiary/aromatic N) is 3. The highest BCUT2D eigenvalue weighted by Gasteiger charge is 2.26. The van der Waals surface area contributed by atoms with Gasteiger partial charge in [-0.2, -0.15) is 5.10 Å². The monoisotopic (exact) mass is 350 g/mol. The minimum absolute atomic E-state index is 0.243. The number of hydrogen-bond acceptors (Lipinski definition) is 4. The molecule has 0 radical (unpaired) electrons. The summed E-state index contributed by atoms with van der Waals surface area (Å²) in [4.78, 5) is 12.2. The van der Waals surface area contributed by atoms with E-state index in [0.717, 1.165) is 24.1 Å². The Labute approximate surface area is 141 Å². The van der Waals surface area contributed by atoms with E-state index in [4.69, 9.17) is 0 Å². The van der Waals surface area contributed by atoms with E-state index in [-0.39, 0.29) is 5.69 Å². The number of para-hydroxylation sites is 1. The summed E-state index contributed by atoms with van der Waals surface area (Å²) in [5.74, 6) is 1.02. The molecule has 0 bridgehead atoms. The van der Waals surface area contributed by atoms with E-state index in [1.807, 2.05) is 31.2 Å². The number of aryl methyl sites for hydroxylation is 1. The number of hydrogen-bond donors (Lipinski definition) is 1. The van der Waals surface area contributed by atoms with E-state index in [1.165, 1.54) is 10.6 Å². The van der Waals surface area contributed by atoms with Crippen molar-refractivity contribution in [1.82, 2.24) is 19.1 Å². The fourth-order valence-electron chi connectivity index (χ4n) is 3.23. The third-order valence-corrected chi connectivity index (χ3v) is 5.92. The first kappa shape index (κ1) is 16.9. The highest BCUT2D eigenvalue weighted by atomic mass is 32.2. The summed E-state index contributed by atoms with van der Waals surface area (Å²) in [6.07, 6.45) is 3.46. The van der Waals surface area contributed by atoms with Gasteiger partial charge in [0.25, 0.3) is 0 Å². The highest BCUT2D eigenvalue weighted by Crippen LogP contribution is 2.23. The number of H-pyrrole nitrogens is 1. The summed E-state index contributed by atoms with van der Waals surface area (Å²) in [6.45, 7) is 3.02. The topological polar surface area (TPSA) is 88.1 Å². The summed E-state index contributed by atoms with van der Waals surface area (Å²) in [5, 5.41) is 6.73. The molecule has 3 rings (SSSR count). The van der Waals surface area contributed by atoms with Gasteiger partial charge in [-0.1, -0.05) is 18.2 Å². The molecule has 1 saturated heterocycles. The SMILES string of the molecule is Cc1ccccc1-n1c(CC2CCN(S(C)(=O)=O)CC2)n[nH]c1=O. The van der Waals surface area contributed by atoms with Crippen molar-refractivity contribution in [2.45, 2.75) is 26.2 Å². The molecule has 0 atom stereocenters. The Morgan fingerprint density at radius 1 is 1.25 bits per heavy atom. The van der Waals surface area contributed by atoms with Crippen molar-refractivity contribution in [3.05, 3.63) is 46.1 Å². The average Bonchev–Trinajstić information content (AvgIpc) is 2.88. The molecule has 8 heteroatoms. The van der Waals surface area contributed by atoms with Crippen molar-refractivity contribution in [1.29, 1.82) is 0 Å². The van der Waals surface area contributed by atoms with Crippen LogP contribution in [0, 0.1) is 12.8 Å². The van der Waals surface area contributed by atoms with Gasteiger partial charge in [0, 0.05) is 19.5 Å². The molecule has 0 unspecified atom stereocenters. The fraction of sp³-hybridized carbons (Fsp3) is 0.500. The van der Waals surface area contributed by atoms with Gasteiger partial charge in [0.15, 0.2) is 0 Å². The lowest BCUT2D eigenvalue weighted by molar-refractivity contribution is 0.271. The van der Waals surface area contributed by atoms with E-state index >= 15 is 0 Å². The van der Waals surface area contributed by atoms with E-state index < -0.39 is 10.0 Å². The molecule has 130 valence electrons. The number of piperidine rings is 1. The molecule has 2 heterocycles. The Kier molecular flexibility index (Phi) is 4.60. The van der Waals surface area contributed by atoms with Crippen LogP contribution in [-0.2, 0) is 16.4 Å². The van der Waals surface area contributed by atoms with Gasteiger partial charge in [-0.3, -0.25) is 0 Å². The van der Waals surface area contributed by atoms with Crippen molar-refractivity contribution >= 4 is 10.0 Å². The van der Waals surface area contributed by atoms with Gasteiger partial charge in [-0.15, -0.1) is 0 Å². The molecule has 0 aliphatic carbocycles. The van der Waals surface area contributed by atoms with Gasteiger partial charge in [0.1, 0.15) is 5.82 Å². The van der Waals surface area contributed by atoms with Crippen LogP contribution in [0.2, 0.25) is 0 Å². The van der Waals surface area contributed by atoms with E-state index in [9.17, 15) is 13.2 Å². The van der Waals surface area contributed by atoms with Crippen LogP contribution in [0.1, 0.15) is 24.2 Å². The quantitative estimate of drug-likeness (QED) is 0.894. The fourth-order valence-corrected chi connectivity index (χ4v) is 4.11. The van der Waals surface area contributed by atoms with Gasteiger partial charge < -0.3 is 0 Å². The molecule has 24 heavy (non-hydrogen) atoms. The third-order valence-electron chi connectivity index (χ3n) is 4.61. The van der Waals surface area contributed by atoms with Gasteiger partial charge >= 0.3 is 5.69 Å². The first-order chi connectivity index (χ1) is 11.4. The van der Waals surface area contributed by atoms with Crippen LogP contribution in [0.4, 0.5) is 0 Å². The van der Waals surface area contributed by atoms with E-state index in [0.29, 0.717) is 31.3 Å². The number of sulfonamides is 1. The minimum Gasteiger partial charge on any atom is -0.247 e. The number of aromatic nitrogens is 3. The summed E-state index contributed by atoms with van der Waals surface area (Å²) in [6, 6.07) is 7.70. The van der Waals surface area contributed by atoms with Gasteiger partial charge in [-0.05, 0) is 37.3 Å². The number of aromatic amines is 1. The van der Waals surface area contributed by atoms with E-state index in [2.05, 4.69) is 10.2 Å². The van der Waals surface area contributed by atoms with Crippen molar-refractivity contribution in [3.8, 4) is 5.69 Å². The summed E-state index contributed by atoms with van der Waals surface area (Å²) in [7, 11) is -3.12. The zero-order chi connectivity index (χ0) is 17.3.